The Kier molecular flexibility index (Phi) is 2.17. The summed E-state index contributed by atoms with van der Waals surface area (Å²) in [7, 11) is 0. The zero-order valence-corrected chi connectivity index (χ0v) is 7.35. The Balaban J connectivity index is 2.19. The summed E-state index contributed by atoms with van der Waals surface area (Å²) in [6, 6.07) is 8.38. The van der Waals surface area contributed by atoms with Gasteiger partial charge in [-0.1, -0.05) is 29.4 Å². The molecule has 1 aliphatic rings. The number of fused-ring (bicyclic) bond motifs is 1. The highest BCUT2D eigenvalue weighted by molar-refractivity contribution is 5.55. The molecule has 0 bridgehead atoms. The molecule has 68 valence electrons. The third-order valence-corrected chi connectivity index (χ3v) is 2.38. The van der Waals surface area contributed by atoms with E-state index in [4.69, 9.17) is 5.21 Å². The molecule has 1 aromatic rings. The molecule has 0 atom stereocenters. The van der Waals surface area contributed by atoms with Crippen molar-refractivity contribution in [2.24, 2.45) is 5.16 Å². The van der Waals surface area contributed by atoms with Gasteiger partial charge in [-0.25, -0.2) is 0 Å². The maximum Gasteiger partial charge on any atom is 0.131 e. The summed E-state index contributed by atoms with van der Waals surface area (Å²) >= 11 is 0. The summed E-state index contributed by atoms with van der Waals surface area (Å²) in [5, 5.41) is 11.4. The van der Waals surface area contributed by atoms with E-state index in [0.717, 1.165) is 19.5 Å². The van der Waals surface area contributed by atoms with Crippen molar-refractivity contribution in [3.63, 3.8) is 0 Å². The zero-order valence-electron chi connectivity index (χ0n) is 7.35. The first-order valence-corrected chi connectivity index (χ1v) is 4.38. The van der Waals surface area contributed by atoms with Gasteiger partial charge in [0.05, 0.1) is 0 Å². The highest BCUT2D eigenvalue weighted by Crippen LogP contribution is 2.16. The largest absolute Gasteiger partial charge is 0.410 e. The Bertz CT molecular complexity index is 322. The van der Waals surface area contributed by atoms with Crippen molar-refractivity contribution in [2.45, 2.75) is 13.0 Å². The molecule has 0 spiro atoms. The molecular weight excluding hydrogens is 164 g/mol. The summed E-state index contributed by atoms with van der Waals surface area (Å²) in [5.41, 5.74) is 2.73. The van der Waals surface area contributed by atoms with Crippen LogP contribution in [-0.4, -0.2) is 23.0 Å². The standard InChI is InChI=1S/C10H12N2O/c13-11-8-12-6-5-9-3-1-2-4-10(9)7-12/h1-4,8,13H,5-7H2. The van der Waals surface area contributed by atoms with Crippen molar-refractivity contribution >= 4 is 6.34 Å². The van der Waals surface area contributed by atoms with Gasteiger partial charge in [-0.05, 0) is 17.5 Å². The summed E-state index contributed by atoms with van der Waals surface area (Å²) in [6.45, 7) is 1.78. The lowest BCUT2D eigenvalue weighted by molar-refractivity contribution is 0.302. The van der Waals surface area contributed by atoms with Crippen LogP contribution in [0.25, 0.3) is 0 Å². The van der Waals surface area contributed by atoms with E-state index in [1.165, 1.54) is 17.5 Å². The van der Waals surface area contributed by atoms with Gasteiger partial charge in [0.2, 0.25) is 0 Å². The highest BCUT2D eigenvalue weighted by Gasteiger charge is 2.12. The lowest BCUT2D eigenvalue weighted by Crippen LogP contribution is -2.29. The van der Waals surface area contributed by atoms with E-state index in [0.29, 0.717) is 0 Å². The minimum atomic E-state index is 0.847. The van der Waals surface area contributed by atoms with E-state index in [-0.39, 0.29) is 0 Å². The lowest BCUT2D eigenvalue weighted by atomic mass is 10.0. The zero-order chi connectivity index (χ0) is 9.10. The Morgan fingerprint density at radius 1 is 1.31 bits per heavy atom. The first-order valence-electron chi connectivity index (χ1n) is 4.38. The Hall–Kier alpha value is -1.51. The van der Waals surface area contributed by atoms with Crippen molar-refractivity contribution in [3.05, 3.63) is 35.4 Å². The van der Waals surface area contributed by atoms with Crippen LogP contribution in [0, 0.1) is 0 Å². The minimum absolute atomic E-state index is 0.847. The van der Waals surface area contributed by atoms with E-state index >= 15 is 0 Å². The third kappa shape index (κ3) is 1.64. The van der Waals surface area contributed by atoms with Gasteiger partial charge in [-0.15, -0.1) is 0 Å². The molecule has 3 nitrogen and oxygen atoms in total. The molecule has 3 heteroatoms. The molecular formula is C10H12N2O. The molecule has 0 fully saturated rings. The fourth-order valence-electron chi connectivity index (χ4n) is 1.69. The van der Waals surface area contributed by atoms with E-state index in [1.807, 2.05) is 11.0 Å². The molecule has 0 saturated carbocycles. The summed E-state index contributed by atoms with van der Waals surface area (Å²) in [6.07, 6.45) is 2.51. The number of benzene rings is 1. The van der Waals surface area contributed by atoms with Gasteiger partial charge in [0.25, 0.3) is 0 Å². The van der Waals surface area contributed by atoms with E-state index in [1.54, 1.807) is 0 Å². The molecule has 0 radical (unpaired) electrons. The van der Waals surface area contributed by atoms with Crippen LogP contribution in [-0.2, 0) is 13.0 Å². The van der Waals surface area contributed by atoms with Crippen LogP contribution < -0.4 is 0 Å². The van der Waals surface area contributed by atoms with Crippen molar-refractivity contribution in [2.75, 3.05) is 6.54 Å². The second-order valence-electron chi connectivity index (χ2n) is 3.22. The van der Waals surface area contributed by atoms with Gasteiger partial charge >= 0.3 is 0 Å². The lowest BCUT2D eigenvalue weighted by Gasteiger charge is -2.25. The number of rotatable bonds is 1. The smallest absolute Gasteiger partial charge is 0.131 e. The summed E-state index contributed by atoms with van der Waals surface area (Å²) in [4.78, 5) is 2.00. The molecule has 13 heavy (non-hydrogen) atoms. The Morgan fingerprint density at radius 3 is 2.85 bits per heavy atom. The average molecular weight is 176 g/mol. The van der Waals surface area contributed by atoms with Crippen LogP contribution in [0.5, 0.6) is 0 Å². The highest BCUT2D eigenvalue weighted by atomic mass is 16.4. The summed E-state index contributed by atoms with van der Waals surface area (Å²) < 4.78 is 0. The second kappa shape index (κ2) is 3.47. The van der Waals surface area contributed by atoms with Crippen LogP contribution >= 0.6 is 0 Å². The van der Waals surface area contributed by atoms with Crippen molar-refractivity contribution in [1.29, 1.82) is 0 Å². The van der Waals surface area contributed by atoms with Crippen LogP contribution in [0.15, 0.2) is 29.4 Å². The minimum Gasteiger partial charge on any atom is -0.410 e. The second-order valence-corrected chi connectivity index (χ2v) is 3.22. The monoisotopic (exact) mass is 176 g/mol. The molecule has 2 rings (SSSR count). The number of hydrogen-bond donors (Lipinski definition) is 1. The predicted octanol–water partition coefficient (Wildman–Crippen LogP) is 1.46. The van der Waals surface area contributed by atoms with Gasteiger partial charge in [0, 0.05) is 13.1 Å². The van der Waals surface area contributed by atoms with Crippen LogP contribution in [0.2, 0.25) is 0 Å². The quantitative estimate of drug-likeness (QED) is 0.304. The molecule has 1 heterocycles. The van der Waals surface area contributed by atoms with Gasteiger partial charge in [0.1, 0.15) is 6.34 Å². The van der Waals surface area contributed by atoms with Crippen molar-refractivity contribution in [1.82, 2.24) is 4.90 Å². The SMILES string of the molecule is ON=CN1CCc2ccccc2C1. The van der Waals surface area contributed by atoms with Crippen LogP contribution in [0.3, 0.4) is 0 Å². The maximum absolute atomic E-state index is 8.39. The van der Waals surface area contributed by atoms with Gasteiger partial charge in [-0.2, -0.15) is 0 Å². The number of oxime groups is 1. The fourth-order valence-corrected chi connectivity index (χ4v) is 1.69. The first-order chi connectivity index (χ1) is 6.40. The molecule has 1 aromatic carbocycles. The number of nitrogens with zero attached hydrogens (tertiary/aromatic N) is 2. The molecule has 0 unspecified atom stereocenters. The van der Waals surface area contributed by atoms with E-state index in [2.05, 4.69) is 23.4 Å². The molecule has 0 aliphatic carbocycles. The normalized spacial score (nSPS) is 16.2. The van der Waals surface area contributed by atoms with E-state index < -0.39 is 0 Å². The Labute approximate surface area is 77.3 Å². The van der Waals surface area contributed by atoms with Gasteiger partial charge in [0.15, 0.2) is 0 Å². The number of hydrogen-bond acceptors (Lipinski definition) is 2. The average Bonchev–Trinajstić information content (AvgIpc) is 2.18. The first kappa shape index (κ1) is 8.10. The molecule has 0 amide bonds. The van der Waals surface area contributed by atoms with E-state index in [9.17, 15) is 0 Å². The molecule has 0 saturated heterocycles. The van der Waals surface area contributed by atoms with Crippen molar-refractivity contribution < 1.29 is 5.21 Å². The third-order valence-electron chi connectivity index (χ3n) is 2.38. The predicted molar refractivity (Wildman–Crippen MR) is 50.8 cm³/mol. The molecule has 1 aliphatic heterocycles. The molecule has 0 aromatic heterocycles. The Morgan fingerprint density at radius 2 is 2.08 bits per heavy atom. The molecule has 1 N–H and O–H groups in total. The summed E-state index contributed by atoms with van der Waals surface area (Å²) in [5.74, 6) is 0. The van der Waals surface area contributed by atoms with Crippen molar-refractivity contribution in [3.8, 4) is 0 Å². The van der Waals surface area contributed by atoms with Gasteiger partial charge < -0.3 is 10.1 Å². The van der Waals surface area contributed by atoms with Crippen LogP contribution in [0.4, 0.5) is 0 Å². The van der Waals surface area contributed by atoms with Crippen LogP contribution in [0.1, 0.15) is 11.1 Å². The van der Waals surface area contributed by atoms with Gasteiger partial charge in [-0.3, -0.25) is 0 Å². The topological polar surface area (TPSA) is 35.8 Å². The fraction of sp³-hybridized carbons (Fsp3) is 0.300. The maximum atomic E-state index is 8.39.